The topological polar surface area (TPSA) is 86.0 Å². The molecule has 0 aliphatic heterocycles. The number of rotatable bonds is 7. The van der Waals surface area contributed by atoms with Crippen LogP contribution in [0.2, 0.25) is 0 Å². The van der Waals surface area contributed by atoms with Crippen LogP contribution in [0.4, 0.5) is 0 Å². The van der Waals surface area contributed by atoms with Gasteiger partial charge in [-0.25, -0.2) is 4.98 Å². The number of fused-ring (bicyclic) bond motifs is 1. The first-order valence-corrected chi connectivity index (χ1v) is 8.39. The van der Waals surface area contributed by atoms with Crippen LogP contribution in [0.1, 0.15) is 25.0 Å². The molecule has 7 heteroatoms. The zero-order chi connectivity index (χ0) is 18.5. The molecule has 0 bridgehead atoms. The van der Waals surface area contributed by atoms with Crippen LogP contribution >= 0.6 is 0 Å². The number of aryl methyl sites for hydroxylation is 1. The molecule has 0 saturated heterocycles. The van der Waals surface area contributed by atoms with Gasteiger partial charge >= 0.3 is 5.97 Å². The molecule has 0 unspecified atom stereocenters. The van der Waals surface area contributed by atoms with E-state index in [1.165, 1.54) is 7.11 Å². The van der Waals surface area contributed by atoms with Gasteiger partial charge in [-0.1, -0.05) is 0 Å². The SMILES string of the molecule is COC(=O)CCCCc1nc2cnc(-c3ccc(OC)cc3)cn2c1O. The van der Waals surface area contributed by atoms with E-state index in [2.05, 4.69) is 14.7 Å². The molecule has 1 aromatic carbocycles. The van der Waals surface area contributed by atoms with Gasteiger partial charge in [0, 0.05) is 18.2 Å². The van der Waals surface area contributed by atoms with Crippen LogP contribution < -0.4 is 4.74 Å². The summed E-state index contributed by atoms with van der Waals surface area (Å²) in [6.07, 6.45) is 5.78. The lowest BCUT2D eigenvalue weighted by Gasteiger charge is -2.04. The maximum absolute atomic E-state index is 11.1. The Morgan fingerprint density at radius 2 is 1.96 bits per heavy atom. The van der Waals surface area contributed by atoms with Crippen LogP contribution in [0, 0.1) is 0 Å². The Labute approximate surface area is 151 Å². The molecule has 1 N–H and O–H groups in total. The molecule has 0 fully saturated rings. The van der Waals surface area contributed by atoms with E-state index in [1.54, 1.807) is 23.9 Å². The van der Waals surface area contributed by atoms with Crippen molar-refractivity contribution in [1.29, 1.82) is 0 Å². The molecule has 0 spiro atoms. The van der Waals surface area contributed by atoms with Crippen LogP contribution in [0.3, 0.4) is 0 Å². The van der Waals surface area contributed by atoms with Gasteiger partial charge in [-0.15, -0.1) is 0 Å². The van der Waals surface area contributed by atoms with Crippen LogP contribution in [0.25, 0.3) is 16.9 Å². The average molecular weight is 355 g/mol. The fraction of sp³-hybridized carbons (Fsp3) is 0.316. The third kappa shape index (κ3) is 3.77. The summed E-state index contributed by atoms with van der Waals surface area (Å²) in [5.41, 5.74) is 2.83. The largest absolute Gasteiger partial charge is 0.497 e. The number of esters is 1. The zero-order valence-corrected chi connectivity index (χ0v) is 14.8. The third-order valence-corrected chi connectivity index (χ3v) is 4.21. The van der Waals surface area contributed by atoms with Gasteiger partial charge in [-0.3, -0.25) is 14.2 Å². The molecule has 2 heterocycles. The number of imidazole rings is 1. The first-order chi connectivity index (χ1) is 12.6. The number of nitrogens with zero attached hydrogens (tertiary/aromatic N) is 3. The predicted molar refractivity (Wildman–Crippen MR) is 96.2 cm³/mol. The molecule has 2 aromatic heterocycles. The molecule has 0 radical (unpaired) electrons. The Bertz CT molecular complexity index is 903. The van der Waals surface area contributed by atoms with E-state index in [9.17, 15) is 9.90 Å². The molecule has 7 nitrogen and oxygen atoms in total. The minimum atomic E-state index is -0.224. The minimum absolute atomic E-state index is 0.107. The Hall–Kier alpha value is -3.09. The van der Waals surface area contributed by atoms with Crippen LogP contribution in [0.15, 0.2) is 36.7 Å². The van der Waals surface area contributed by atoms with E-state index in [1.807, 2.05) is 24.3 Å². The quantitative estimate of drug-likeness (QED) is 0.518. The van der Waals surface area contributed by atoms with E-state index in [-0.39, 0.29) is 11.8 Å². The second-order valence-corrected chi connectivity index (χ2v) is 5.89. The second kappa shape index (κ2) is 7.86. The van der Waals surface area contributed by atoms with Gasteiger partial charge in [0.15, 0.2) is 5.65 Å². The van der Waals surface area contributed by atoms with Crippen molar-refractivity contribution in [2.75, 3.05) is 14.2 Å². The first-order valence-electron chi connectivity index (χ1n) is 8.39. The number of methoxy groups -OCH3 is 2. The number of hydrogen-bond donors (Lipinski definition) is 1. The summed E-state index contributed by atoms with van der Waals surface area (Å²) in [7, 11) is 3.00. The van der Waals surface area contributed by atoms with Crippen LogP contribution in [0.5, 0.6) is 11.6 Å². The number of benzene rings is 1. The van der Waals surface area contributed by atoms with E-state index < -0.39 is 0 Å². The molecular formula is C19H21N3O4. The summed E-state index contributed by atoms with van der Waals surface area (Å²) in [5.74, 6) is 0.655. The standard InChI is InChI=1S/C19H21N3O4/c1-25-14-9-7-13(8-10-14)16-12-22-17(11-20-16)21-15(19(22)24)5-3-4-6-18(23)26-2/h7-12,24H,3-6H2,1-2H3. The van der Waals surface area contributed by atoms with E-state index in [0.717, 1.165) is 23.4 Å². The lowest BCUT2D eigenvalue weighted by atomic mass is 10.1. The van der Waals surface area contributed by atoms with E-state index in [4.69, 9.17) is 4.74 Å². The third-order valence-electron chi connectivity index (χ3n) is 4.21. The zero-order valence-electron chi connectivity index (χ0n) is 14.8. The van der Waals surface area contributed by atoms with Gasteiger partial charge in [0.05, 0.1) is 26.1 Å². The number of aromatic hydroxyl groups is 1. The maximum atomic E-state index is 11.1. The van der Waals surface area contributed by atoms with Crippen molar-refractivity contribution in [1.82, 2.24) is 14.4 Å². The lowest BCUT2D eigenvalue weighted by Crippen LogP contribution is -1.99. The summed E-state index contributed by atoms with van der Waals surface area (Å²) in [6.45, 7) is 0. The smallest absolute Gasteiger partial charge is 0.305 e. The molecule has 0 amide bonds. The van der Waals surface area contributed by atoms with Crippen molar-refractivity contribution in [2.45, 2.75) is 25.7 Å². The highest BCUT2D eigenvalue weighted by atomic mass is 16.5. The Kier molecular flexibility index (Phi) is 5.36. The predicted octanol–water partition coefficient (Wildman–Crippen LogP) is 3.00. The number of carbonyl (C=O) groups is 1. The van der Waals surface area contributed by atoms with Gasteiger partial charge in [0.2, 0.25) is 5.88 Å². The highest BCUT2D eigenvalue weighted by molar-refractivity contribution is 5.69. The molecule has 3 aromatic rings. The van der Waals surface area contributed by atoms with E-state index in [0.29, 0.717) is 30.6 Å². The number of ether oxygens (including phenoxy) is 2. The Morgan fingerprint density at radius 3 is 2.65 bits per heavy atom. The molecule has 0 atom stereocenters. The molecule has 0 aliphatic rings. The van der Waals surface area contributed by atoms with Crippen LogP contribution in [-0.4, -0.2) is 39.7 Å². The van der Waals surface area contributed by atoms with Gasteiger partial charge < -0.3 is 14.6 Å². The monoisotopic (exact) mass is 355 g/mol. The van der Waals surface area contributed by atoms with Gasteiger partial charge in [-0.05, 0) is 43.5 Å². The van der Waals surface area contributed by atoms with Crippen molar-refractivity contribution in [3.8, 4) is 22.9 Å². The number of unbranched alkanes of at least 4 members (excludes halogenated alkanes) is 1. The Morgan fingerprint density at radius 1 is 1.19 bits per heavy atom. The fourth-order valence-electron chi connectivity index (χ4n) is 2.73. The van der Waals surface area contributed by atoms with Crippen molar-refractivity contribution in [2.24, 2.45) is 0 Å². The summed E-state index contributed by atoms with van der Waals surface area (Å²) in [6, 6.07) is 7.55. The molecular weight excluding hydrogens is 334 g/mol. The number of aromatic nitrogens is 3. The number of carbonyl (C=O) groups excluding carboxylic acids is 1. The molecule has 3 rings (SSSR count). The summed E-state index contributed by atoms with van der Waals surface area (Å²) in [4.78, 5) is 20.0. The van der Waals surface area contributed by atoms with E-state index >= 15 is 0 Å². The summed E-state index contributed by atoms with van der Waals surface area (Å²) in [5, 5.41) is 10.5. The summed E-state index contributed by atoms with van der Waals surface area (Å²) >= 11 is 0. The van der Waals surface area contributed by atoms with Crippen molar-refractivity contribution >= 4 is 11.6 Å². The molecule has 26 heavy (non-hydrogen) atoms. The number of hydrogen-bond acceptors (Lipinski definition) is 6. The van der Waals surface area contributed by atoms with Gasteiger partial charge in [-0.2, -0.15) is 0 Å². The van der Waals surface area contributed by atoms with Crippen molar-refractivity contribution < 1.29 is 19.4 Å². The molecule has 136 valence electrons. The minimum Gasteiger partial charge on any atom is -0.497 e. The maximum Gasteiger partial charge on any atom is 0.305 e. The Balaban J connectivity index is 1.77. The van der Waals surface area contributed by atoms with Crippen molar-refractivity contribution in [3.05, 3.63) is 42.4 Å². The average Bonchev–Trinajstić information content (AvgIpc) is 3.00. The van der Waals surface area contributed by atoms with Crippen LogP contribution in [-0.2, 0) is 16.0 Å². The second-order valence-electron chi connectivity index (χ2n) is 5.89. The first kappa shape index (κ1) is 17.7. The lowest BCUT2D eigenvalue weighted by molar-refractivity contribution is -0.140. The van der Waals surface area contributed by atoms with Gasteiger partial charge in [0.1, 0.15) is 11.4 Å². The normalized spacial score (nSPS) is 10.8. The van der Waals surface area contributed by atoms with Crippen molar-refractivity contribution in [3.63, 3.8) is 0 Å². The summed E-state index contributed by atoms with van der Waals surface area (Å²) < 4.78 is 11.4. The highest BCUT2D eigenvalue weighted by Gasteiger charge is 2.13. The fourth-order valence-corrected chi connectivity index (χ4v) is 2.73. The van der Waals surface area contributed by atoms with Gasteiger partial charge in [0.25, 0.3) is 0 Å². The molecule has 0 aliphatic carbocycles. The molecule has 0 saturated carbocycles. The highest BCUT2D eigenvalue weighted by Crippen LogP contribution is 2.25.